The molecular formula is C36H30Cl2N8O6S2. The molecule has 2 aromatic heterocycles. The number of para-hydroxylation sites is 1. The molecule has 0 spiro atoms. The highest BCUT2D eigenvalue weighted by atomic mass is 35.5. The Kier molecular flexibility index (Phi) is 11.9. The van der Waals surface area contributed by atoms with Crippen LogP contribution < -0.4 is 10.6 Å². The molecule has 4 aromatic carbocycles. The normalized spacial score (nSPS) is 11.9. The average Bonchev–Trinajstić information content (AvgIpc) is 3.15. The van der Waals surface area contributed by atoms with E-state index < -0.39 is 20.2 Å². The van der Waals surface area contributed by atoms with E-state index in [9.17, 15) is 16.8 Å². The van der Waals surface area contributed by atoms with Crippen LogP contribution >= 0.6 is 23.2 Å². The van der Waals surface area contributed by atoms with Crippen molar-refractivity contribution >= 4 is 78.9 Å². The van der Waals surface area contributed by atoms with Gasteiger partial charge in [-0.15, -0.1) is 0 Å². The minimum absolute atomic E-state index is 0.0140. The molecule has 0 aliphatic heterocycles. The van der Waals surface area contributed by atoms with Gasteiger partial charge in [0, 0.05) is 24.2 Å². The number of hydrogen-bond acceptors (Lipinski definition) is 14. The Labute approximate surface area is 321 Å². The summed E-state index contributed by atoms with van der Waals surface area (Å²) in [5.74, 6) is 1.01. The Balaban J connectivity index is 1.28. The van der Waals surface area contributed by atoms with Crippen LogP contribution in [0.1, 0.15) is 33.9 Å². The monoisotopic (exact) mass is 804 g/mol. The summed E-state index contributed by atoms with van der Waals surface area (Å²) in [6, 6.07) is 27.9. The van der Waals surface area contributed by atoms with Gasteiger partial charge in [0.25, 0.3) is 20.2 Å². The van der Waals surface area contributed by atoms with E-state index in [4.69, 9.17) is 31.6 Å². The van der Waals surface area contributed by atoms with Gasteiger partial charge in [-0.25, -0.2) is 15.0 Å². The Morgan fingerprint density at radius 3 is 1.65 bits per heavy atom. The first-order valence-corrected chi connectivity index (χ1v) is 19.5. The van der Waals surface area contributed by atoms with Crippen LogP contribution in [0.15, 0.2) is 107 Å². The van der Waals surface area contributed by atoms with Crippen molar-refractivity contribution in [2.24, 2.45) is 0 Å². The van der Waals surface area contributed by atoms with Gasteiger partial charge in [0.15, 0.2) is 0 Å². The van der Waals surface area contributed by atoms with E-state index in [0.717, 1.165) is 19.8 Å². The molecule has 0 unspecified atom stereocenters. The summed E-state index contributed by atoms with van der Waals surface area (Å²) < 4.78 is 62.1. The third kappa shape index (κ3) is 9.79. The molecule has 0 saturated heterocycles. The minimum atomic E-state index is -4.27. The van der Waals surface area contributed by atoms with E-state index in [0.29, 0.717) is 29.3 Å². The van der Waals surface area contributed by atoms with E-state index in [1.165, 1.54) is 30.4 Å². The molecule has 0 saturated carbocycles. The number of aromatic nitrogens is 6. The zero-order chi connectivity index (χ0) is 38.3. The summed E-state index contributed by atoms with van der Waals surface area (Å²) in [6.07, 6.45) is 3.47. The lowest BCUT2D eigenvalue weighted by Crippen LogP contribution is -2.08. The largest absolute Gasteiger partial charge is 0.324 e. The Morgan fingerprint density at radius 1 is 0.556 bits per heavy atom. The maximum Gasteiger partial charge on any atom is 0.297 e. The van der Waals surface area contributed by atoms with Crippen molar-refractivity contribution < 1.29 is 25.2 Å². The van der Waals surface area contributed by atoms with Crippen molar-refractivity contribution in [1.29, 1.82) is 0 Å². The number of rotatable bonds is 14. The standard InChI is InChI=1S/C36H30Cl2N8O6S2/c1-51-53(47,48)29-19-24(21-32-41-31(42-33(37)43-32)20-23-9-5-3-6-10-23)13-14-25(29)15-16-26-17-18-28(22-30(26)54(49,50)52-2)40-36-45-34(38)44-35(46-36)39-27-11-7-4-8-12-27/h3-19,22H,20-21H2,1-2H3,(H2,39,40,44,45,46)/b16-15+. The fourth-order valence-electron chi connectivity index (χ4n) is 5.17. The molecule has 0 bridgehead atoms. The first-order chi connectivity index (χ1) is 25.9. The fourth-order valence-corrected chi connectivity index (χ4v) is 7.30. The van der Waals surface area contributed by atoms with Gasteiger partial charge in [0.05, 0.1) is 14.2 Å². The second kappa shape index (κ2) is 16.8. The molecule has 2 heterocycles. The molecule has 6 aromatic rings. The molecule has 54 heavy (non-hydrogen) atoms. The van der Waals surface area contributed by atoms with Gasteiger partial charge in [-0.1, -0.05) is 78.9 Å². The summed E-state index contributed by atoms with van der Waals surface area (Å²) >= 11 is 12.4. The van der Waals surface area contributed by atoms with Crippen LogP contribution in [0.2, 0.25) is 10.6 Å². The molecular weight excluding hydrogens is 775 g/mol. The smallest absolute Gasteiger partial charge is 0.297 e. The third-order valence-electron chi connectivity index (χ3n) is 7.67. The predicted octanol–water partition coefficient (Wildman–Crippen LogP) is 6.87. The van der Waals surface area contributed by atoms with E-state index in [2.05, 4.69) is 40.5 Å². The SMILES string of the molecule is COS(=O)(=O)c1cc(Cc2nc(Cl)nc(Cc3ccccc3)n2)ccc1/C=C/c1ccc(Nc2nc(Cl)nc(Nc3ccccc3)n2)cc1S(=O)(=O)OC. The van der Waals surface area contributed by atoms with Crippen molar-refractivity contribution in [2.75, 3.05) is 24.9 Å². The van der Waals surface area contributed by atoms with Gasteiger partial charge < -0.3 is 10.6 Å². The Bertz CT molecular complexity index is 2370. The van der Waals surface area contributed by atoms with Crippen molar-refractivity contribution in [3.63, 3.8) is 0 Å². The molecule has 276 valence electrons. The van der Waals surface area contributed by atoms with E-state index in [-0.39, 0.29) is 55.5 Å². The lowest BCUT2D eigenvalue weighted by atomic mass is 10.1. The van der Waals surface area contributed by atoms with Gasteiger partial charge in [-0.05, 0) is 75.8 Å². The fraction of sp³-hybridized carbons (Fsp3) is 0.111. The van der Waals surface area contributed by atoms with Gasteiger partial charge >= 0.3 is 0 Å². The molecule has 0 fully saturated rings. The summed E-state index contributed by atoms with van der Waals surface area (Å²) in [7, 11) is -6.43. The number of halogens is 2. The predicted molar refractivity (Wildman–Crippen MR) is 205 cm³/mol. The van der Waals surface area contributed by atoms with Crippen LogP contribution in [0.4, 0.5) is 23.3 Å². The van der Waals surface area contributed by atoms with Gasteiger partial charge in [-0.3, -0.25) is 8.37 Å². The molecule has 2 N–H and O–H groups in total. The molecule has 14 nitrogen and oxygen atoms in total. The highest BCUT2D eigenvalue weighted by Crippen LogP contribution is 2.28. The number of hydrogen-bond donors (Lipinski definition) is 2. The van der Waals surface area contributed by atoms with E-state index >= 15 is 0 Å². The third-order valence-corrected chi connectivity index (χ3v) is 10.7. The van der Waals surface area contributed by atoms with Crippen molar-refractivity contribution in [1.82, 2.24) is 29.9 Å². The van der Waals surface area contributed by atoms with Gasteiger partial charge in [0.1, 0.15) is 21.4 Å². The summed E-state index contributed by atoms with van der Waals surface area (Å²) in [5, 5.41) is 5.88. The number of benzene rings is 4. The molecule has 0 aliphatic carbocycles. The molecule has 6 rings (SSSR count). The van der Waals surface area contributed by atoms with Crippen LogP contribution in [0.3, 0.4) is 0 Å². The molecule has 0 aliphatic rings. The van der Waals surface area contributed by atoms with Crippen LogP contribution in [0, 0.1) is 0 Å². The average molecular weight is 806 g/mol. The second-order valence-corrected chi connectivity index (χ2v) is 15.4. The first-order valence-electron chi connectivity index (χ1n) is 15.9. The summed E-state index contributed by atoms with van der Waals surface area (Å²) in [5.41, 5.74) is 2.95. The quantitative estimate of drug-likeness (QED) is 0.0857. The highest BCUT2D eigenvalue weighted by Gasteiger charge is 2.21. The van der Waals surface area contributed by atoms with Crippen molar-refractivity contribution in [3.8, 4) is 0 Å². The van der Waals surface area contributed by atoms with Crippen LogP contribution in [0.5, 0.6) is 0 Å². The van der Waals surface area contributed by atoms with Crippen LogP contribution in [-0.2, 0) is 41.4 Å². The molecule has 18 heteroatoms. The van der Waals surface area contributed by atoms with Crippen LogP contribution in [0.25, 0.3) is 12.2 Å². The lowest BCUT2D eigenvalue weighted by molar-refractivity contribution is 0.396. The summed E-state index contributed by atoms with van der Waals surface area (Å²) in [6.45, 7) is 0. The molecule has 0 atom stereocenters. The highest BCUT2D eigenvalue weighted by molar-refractivity contribution is 7.87. The zero-order valence-corrected chi connectivity index (χ0v) is 31.7. The summed E-state index contributed by atoms with van der Waals surface area (Å²) in [4.78, 5) is 25.1. The van der Waals surface area contributed by atoms with E-state index in [1.807, 2.05) is 60.7 Å². The van der Waals surface area contributed by atoms with Gasteiger partial charge in [-0.2, -0.15) is 31.8 Å². The van der Waals surface area contributed by atoms with Crippen LogP contribution in [-0.4, -0.2) is 61.0 Å². The van der Waals surface area contributed by atoms with E-state index in [1.54, 1.807) is 18.2 Å². The number of nitrogens with zero attached hydrogens (tertiary/aromatic N) is 6. The lowest BCUT2D eigenvalue weighted by Gasteiger charge is -2.12. The topological polar surface area (TPSA) is 188 Å². The molecule has 0 amide bonds. The maximum absolute atomic E-state index is 13.1. The first kappa shape index (κ1) is 38.4. The van der Waals surface area contributed by atoms with Crippen molar-refractivity contribution in [3.05, 3.63) is 142 Å². The Hall–Kier alpha value is -5.36. The Morgan fingerprint density at radius 2 is 1.06 bits per heavy atom. The van der Waals surface area contributed by atoms with Gasteiger partial charge in [0.2, 0.25) is 22.5 Å². The number of nitrogens with one attached hydrogen (secondary N) is 2. The second-order valence-electron chi connectivity index (χ2n) is 11.3. The maximum atomic E-state index is 13.1. The van der Waals surface area contributed by atoms with Crippen molar-refractivity contribution in [2.45, 2.75) is 22.6 Å². The zero-order valence-electron chi connectivity index (χ0n) is 28.5. The minimum Gasteiger partial charge on any atom is -0.324 e. The number of anilines is 4. The molecule has 0 radical (unpaired) electrons.